The predicted molar refractivity (Wildman–Crippen MR) is 101 cm³/mol. The number of guanidine groups is 1. The van der Waals surface area contributed by atoms with Gasteiger partial charge in [0.1, 0.15) is 12.9 Å². The van der Waals surface area contributed by atoms with Gasteiger partial charge in [-0.25, -0.2) is 4.99 Å². The molecule has 0 aliphatic rings. The molecular weight excluding hydrogens is 328 g/mol. The molecule has 0 atom stereocenters. The van der Waals surface area contributed by atoms with Crippen LogP contribution < -0.4 is 10.6 Å². The molecular formula is C18H24N8. The highest BCUT2D eigenvalue weighted by molar-refractivity contribution is 5.79. The molecule has 2 aromatic heterocycles. The predicted octanol–water partition coefficient (Wildman–Crippen LogP) is 1.61. The van der Waals surface area contributed by atoms with Crippen LogP contribution in [0.4, 0.5) is 0 Å². The van der Waals surface area contributed by atoms with Crippen molar-refractivity contribution in [2.75, 3.05) is 13.1 Å². The van der Waals surface area contributed by atoms with Crippen molar-refractivity contribution in [2.24, 2.45) is 4.99 Å². The first-order valence-corrected chi connectivity index (χ1v) is 8.80. The van der Waals surface area contributed by atoms with Crippen LogP contribution in [-0.4, -0.2) is 43.6 Å². The summed E-state index contributed by atoms with van der Waals surface area (Å²) in [5.41, 5.74) is 1.03. The first-order valence-electron chi connectivity index (χ1n) is 8.80. The number of nitrogens with zero attached hydrogens (tertiary/aromatic N) is 6. The number of nitrogens with one attached hydrogen (secondary N) is 2. The third kappa shape index (κ3) is 4.92. The van der Waals surface area contributed by atoms with Gasteiger partial charge in [-0.05, 0) is 31.5 Å². The molecule has 0 aliphatic carbocycles. The fraction of sp³-hybridized carbons (Fsp3) is 0.333. The van der Waals surface area contributed by atoms with Crippen molar-refractivity contribution in [3.8, 4) is 5.69 Å². The number of aryl methyl sites for hydroxylation is 1. The normalized spacial score (nSPS) is 11.5. The molecule has 0 aliphatic heterocycles. The van der Waals surface area contributed by atoms with Crippen LogP contribution in [0.2, 0.25) is 0 Å². The zero-order chi connectivity index (χ0) is 18.0. The molecule has 0 bridgehead atoms. The van der Waals surface area contributed by atoms with Gasteiger partial charge in [-0.15, -0.1) is 10.2 Å². The average Bonchev–Trinajstić information content (AvgIpc) is 3.35. The smallest absolute Gasteiger partial charge is 0.191 e. The Morgan fingerprint density at radius 3 is 2.81 bits per heavy atom. The summed E-state index contributed by atoms with van der Waals surface area (Å²) in [5.74, 6) is 1.57. The van der Waals surface area contributed by atoms with E-state index >= 15 is 0 Å². The van der Waals surface area contributed by atoms with Crippen LogP contribution in [0.1, 0.15) is 19.2 Å². The number of hydrogen-bond donors (Lipinski definition) is 2. The molecule has 1 aromatic carbocycles. The standard InChI is InChI=1S/C18H24N8/c1-2-19-18(20-10-6-12-25-13-7-11-23-25)21-14-17-24-22-15-26(17)16-8-4-3-5-9-16/h3-5,7-9,11,13,15H,2,6,10,12,14H2,1H3,(H2,19,20,21). The van der Waals surface area contributed by atoms with Gasteiger partial charge < -0.3 is 10.6 Å². The van der Waals surface area contributed by atoms with Crippen LogP contribution in [0.5, 0.6) is 0 Å². The van der Waals surface area contributed by atoms with Crippen molar-refractivity contribution < 1.29 is 0 Å². The fourth-order valence-corrected chi connectivity index (χ4v) is 2.54. The van der Waals surface area contributed by atoms with E-state index in [0.29, 0.717) is 6.54 Å². The maximum atomic E-state index is 4.63. The molecule has 2 N–H and O–H groups in total. The van der Waals surface area contributed by atoms with Gasteiger partial charge in [0.05, 0.1) is 0 Å². The molecule has 0 fully saturated rings. The zero-order valence-electron chi connectivity index (χ0n) is 14.9. The fourth-order valence-electron chi connectivity index (χ4n) is 2.54. The number of benzene rings is 1. The van der Waals surface area contributed by atoms with E-state index in [1.54, 1.807) is 12.5 Å². The Bertz CT molecular complexity index is 792. The molecule has 0 radical (unpaired) electrons. The summed E-state index contributed by atoms with van der Waals surface area (Å²) in [6.45, 7) is 4.99. The van der Waals surface area contributed by atoms with Gasteiger partial charge in [-0.3, -0.25) is 9.25 Å². The largest absolute Gasteiger partial charge is 0.357 e. The van der Waals surface area contributed by atoms with Crippen molar-refractivity contribution in [1.29, 1.82) is 0 Å². The molecule has 8 nitrogen and oxygen atoms in total. The zero-order valence-corrected chi connectivity index (χ0v) is 14.9. The van der Waals surface area contributed by atoms with Gasteiger partial charge >= 0.3 is 0 Å². The van der Waals surface area contributed by atoms with E-state index in [-0.39, 0.29) is 0 Å². The maximum Gasteiger partial charge on any atom is 0.191 e. The second kappa shape index (κ2) is 9.36. The highest BCUT2D eigenvalue weighted by Crippen LogP contribution is 2.09. The van der Waals surface area contributed by atoms with Crippen LogP contribution in [0.15, 0.2) is 60.1 Å². The minimum absolute atomic E-state index is 0.448. The Kier molecular flexibility index (Phi) is 6.35. The molecule has 0 saturated carbocycles. The molecule has 0 saturated heterocycles. The monoisotopic (exact) mass is 352 g/mol. The van der Waals surface area contributed by atoms with Crippen molar-refractivity contribution in [1.82, 2.24) is 35.2 Å². The minimum Gasteiger partial charge on any atom is -0.357 e. The number of hydrogen-bond acceptors (Lipinski definition) is 4. The lowest BCUT2D eigenvalue weighted by atomic mass is 10.3. The first kappa shape index (κ1) is 17.7. The van der Waals surface area contributed by atoms with Crippen LogP contribution in [0, 0.1) is 0 Å². The molecule has 3 rings (SSSR count). The quantitative estimate of drug-likeness (QED) is 0.365. The summed E-state index contributed by atoms with van der Waals surface area (Å²) in [7, 11) is 0. The Morgan fingerprint density at radius 2 is 2.04 bits per heavy atom. The summed E-state index contributed by atoms with van der Waals surface area (Å²) in [6, 6.07) is 12.0. The van der Waals surface area contributed by atoms with Gasteiger partial charge in [0.2, 0.25) is 0 Å². The number of para-hydroxylation sites is 1. The average molecular weight is 352 g/mol. The molecule has 26 heavy (non-hydrogen) atoms. The van der Waals surface area contributed by atoms with E-state index in [1.807, 2.05) is 58.8 Å². The van der Waals surface area contributed by atoms with E-state index in [1.165, 1.54) is 0 Å². The Morgan fingerprint density at radius 1 is 1.15 bits per heavy atom. The summed E-state index contributed by atoms with van der Waals surface area (Å²) in [5, 5.41) is 19.0. The molecule has 8 heteroatoms. The van der Waals surface area contributed by atoms with Crippen LogP contribution in [0.3, 0.4) is 0 Å². The summed E-state index contributed by atoms with van der Waals surface area (Å²) < 4.78 is 3.87. The first-order chi connectivity index (χ1) is 12.9. The topological polar surface area (TPSA) is 85.0 Å². The molecule has 0 spiro atoms. The van der Waals surface area contributed by atoms with Gasteiger partial charge in [0, 0.05) is 37.7 Å². The van der Waals surface area contributed by atoms with E-state index in [4.69, 9.17) is 0 Å². The minimum atomic E-state index is 0.448. The maximum absolute atomic E-state index is 4.63. The Hall–Kier alpha value is -3.16. The molecule has 136 valence electrons. The Balaban J connectivity index is 1.56. The lowest BCUT2D eigenvalue weighted by Gasteiger charge is -2.11. The van der Waals surface area contributed by atoms with E-state index < -0.39 is 0 Å². The second-order valence-electron chi connectivity index (χ2n) is 5.70. The van der Waals surface area contributed by atoms with Crippen LogP contribution >= 0.6 is 0 Å². The number of rotatable bonds is 8. The summed E-state index contributed by atoms with van der Waals surface area (Å²) in [4.78, 5) is 4.63. The van der Waals surface area contributed by atoms with Crippen LogP contribution in [0.25, 0.3) is 5.69 Å². The van der Waals surface area contributed by atoms with Crippen LogP contribution in [-0.2, 0) is 13.1 Å². The number of aliphatic imine (C=N–C) groups is 1. The third-order valence-electron chi connectivity index (χ3n) is 3.79. The van der Waals surface area contributed by atoms with Crippen molar-refractivity contribution >= 4 is 5.96 Å². The van der Waals surface area contributed by atoms with Crippen molar-refractivity contribution in [2.45, 2.75) is 26.4 Å². The van der Waals surface area contributed by atoms with E-state index in [9.17, 15) is 0 Å². The molecule has 0 unspecified atom stereocenters. The van der Waals surface area contributed by atoms with Gasteiger partial charge in [-0.2, -0.15) is 5.10 Å². The van der Waals surface area contributed by atoms with Gasteiger partial charge in [0.15, 0.2) is 11.8 Å². The summed E-state index contributed by atoms with van der Waals surface area (Å²) >= 11 is 0. The van der Waals surface area contributed by atoms with E-state index in [2.05, 4.69) is 30.9 Å². The lowest BCUT2D eigenvalue weighted by molar-refractivity contribution is 0.570. The molecule has 0 amide bonds. The summed E-state index contributed by atoms with van der Waals surface area (Å²) in [6.07, 6.45) is 6.44. The third-order valence-corrected chi connectivity index (χ3v) is 3.79. The SMILES string of the molecule is CCNC(=NCc1nncn1-c1ccccc1)NCCCn1cccn1. The van der Waals surface area contributed by atoms with Gasteiger partial charge in [-0.1, -0.05) is 18.2 Å². The number of aromatic nitrogens is 5. The lowest BCUT2D eigenvalue weighted by Crippen LogP contribution is -2.38. The highest BCUT2D eigenvalue weighted by Gasteiger charge is 2.06. The van der Waals surface area contributed by atoms with Gasteiger partial charge in [0.25, 0.3) is 0 Å². The molecule has 3 aromatic rings. The van der Waals surface area contributed by atoms with Crippen molar-refractivity contribution in [3.05, 3.63) is 60.9 Å². The second-order valence-corrected chi connectivity index (χ2v) is 5.70. The van der Waals surface area contributed by atoms with E-state index in [0.717, 1.165) is 43.5 Å². The van der Waals surface area contributed by atoms with Crippen molar-refractivity contribution in [3.63, 3.8) is 0 Å². The molecule has 2 heterocycles. The Labute approximate surface area is 153 Å². The highest BCUT2D eigenvalue weighted by atomic mass is 15.3.